The summed E-state index contributed by atoms with van der Waals surface area (Å²) in [5.74, 6) is 10.4. The van der Waals surface area contributed by atoms with Gasteiger partial charge in [-0.05, 0) is 69.8 Å². The summed E-state index contributed by atoms with van der Waals surface area (Å²) in [6.07, 6.45) is 6.68. The fourth-order valence-electron chi connectivity index (χ4n) is 3.58. The van der Waals surface area contributed by atoms with Crippen LogP contribution < -0.4 is 4.90 Å². The number of benzene rings is 4. The van der Waals surface area contributed by atoms with Crippen molar-refractivity contribution < 1.29 is 0 Å². The van der Waals surface area contributed by atoms with E-state index in [0.29, 0.717) is 0 Å². The molecular formula is C29H27NS. The van der Waals surface area contributed by atoms with Gasteiger partial charge in [-0.1, -0.05) is 66.3 Å². The second kappa shape index (κ2) is 8.43. The second-order valence-electron chi connectivity index (χ2n) is 8.60. The van der Waals surface area contributed by atoms with Crippen molar-refractivity contribution in [2.75, 3.05) is 37.8 Å². The highest BCUT2D eigenvalue weighted by atomic mass is 32.3. The third-order valence-corrected chi connectivity index (χ3v) is 5.84. The lowest BCUT2D eigenvalue weighted by Crippen LogP contribution is -2.07. The van der Waals surface area contributed by atoms with E-state index in [1.165, 1.54) is 16.5 Å². The minimum Gasteiger partial charge on any atom is -0.378 e. The second-order valence-corrected chi connectivity index (χ2v) is 12.5. The molecule has 0 atom stereocenters. The molecule has 0 unspecified atom stereocenters. The van der Waals surface area contributed by atoms with Gasteiger partial charge in [-0.25, -0.2) is 0 Å². The molecule has 0 aromatic heterocycles. The monoisotopic (exact) mass is 421 g/mol. The Hall–Kier alpha value is -3.33. The molecule has 4 aromatic rings. The SMILES string of the molecule is CN(C)c1ccc(C#Cc2c3ccccc3c(C#CS(C)(C)C)c3ccccc23)cc1. The Labute approximate surface area is 187 Å². The standard InChI is InChI=1S/C29H27NS/c1-30(2)23-17-14-22(15-18-23)16-19-28-24-10-6-8-12-26(24)29(20-21-31(3,4)5)27-13-9-7-11-25(27)28/h6-15,17-18H,1-5H3. The smallest absolute Gasteiger partial charge is 0.0411 e. The molecule has 0 aliphatic carbocycles. The lowest BCUT2D eigenvalue weighted by atomic mass is 9.92. The van der Waals surface area contributed by atoms with Crippen LogP contribution in [0.4, 0.5) is 5.69 Å². The van der Waals surface area contributed by atoms with Gasteiger partial charge in [0.1, 0.15) is 0 Å². The summed E-state index contributed by atoms with van der Waals surface area (Å²) in [4.78, 5) is 2.09. The van der Waals surface area contributed by atoms with Gasteiger partial charge in [0, 0.05) is 36.5 Å². The molecule has 1 nitrogen and oxygen atoms in total. The highest BCUT2D eigenvalue weighted by molar-refractivity contribution is 8.35. The van der Waals surface area contributed by atoms with Crippen molar-refractivity contribution in [1.82, 2.24) is 0 Å². The molecule has 0 N–H and O–H groups in total. The maximum absolute atomic E-state index is 3.52. The lowest BCUT2D eigenvalue weighted by Gasteiger charge is -2.16. The number of hydrogen-bond acceptors (Lipinski definition) is 1. The van der Waals surface area contributed by atoms with Crippen LogP contribution in [0.25, 0.3) is 21.5 Å². The van der Waals surface area contributed by atoms with Crippen molar-refractivity contribution in [2.45, 2.75) is 0 Å². The van der Waals surface area contributed by atoms with Gasteiger partial charge in [0.05, 0.1) is 0 Å². The molecule has 31 heavy (non-hydrogen) atoms. The topological polar surface area (TPSA) is 3.24 Å². The summed E-state index contributed by atoms with van der Waals surface area (Å²) >= 11 is 0. The van der Waals surface area contributed by atoms with E-state index >= 15 is 0 Å². The van der Waals surface area contributed by atoms with Crippen LogP contribution in [-0.2, 0) is 0 Å². The molecule has 0 spiro atoms. The summed E-state index contributed by atoms with van der Waals surface area (Å²) in [6.45, 7) is 0. The Morgan fingerprint density at radius 3 is 1.45 bits per heavy atom. The summed E-state index contributed by atoms with van der Waals surface area (Å²) in [7, 11) is 3.17. The molecule has 0 fully saturated rings. The number of rotatable bonds is 1. The predicted octanol–water partition coefficient (Wildman–Crippen LogP) is 6.46. The summed E-state index contributed by atoms with van der Waals surface area (Å²) < 4.78 is 0. The zero-order chi connectivity index (χ0) is 22.0. The van der Waals surface area contributed by atoms with E-state index in [9.17, 15) is 0 Å². The Morgan fingerprint density at radius 2 is 1.03 bits per heavy atom. The molecule has 0 aliphatic rings. The molecule has 4 aromatic carbocycles. The zero-order valence-electron chi connectivity index (χ0n) is 18.8. The minimum absolute atomic E-state index is 0.918. The van der Waals surface area contributed by atoms with Gasteiger partial charge < -0.3 is 4.90 Å². The molecule has 4 rings (SSSR count). The molecule has 0 heterocycles. The van der Waals surface area contributed by atoms with Crippen LogP contribution >= 0.6 is 10.0 Å². The zero-order valence-corrected chi connectivity index (χ0v) is 19.6. The molecule has 0 saturated heterocycles. The first kappa shape index (κ1) is 20.9. The van der Waals surface area contributed by atoms with Gasteiger partial charge >= 0.3 is 0 Å². The predicted molar refractivity (Wildman–Crippen MR) is 140 cm³/mol. The Bertz CT molecular complexity index is 1330. The fraction of sp³-hybridized carbons (Fsp3) is 0.172. The summed E-state index contributed by atoms with van der Waals surface area (Å²) in [6, 6.07) is 25.4. The normalized spacial score (nSPS) is 11.4. The molecule has 2 heteroatoms. The number of nitrogens with zero attached hydrogens (tertiary/aromatic N) is 1. The molecule has 0 saturated carbocycles. The first-order valence-electron chi connectivity index (χ1n) is 10.3. The van der Waals surface area contributed by atoms with Crippen molar-refractivity contribution in [2.24, 2.45) is 0 Å². The van der Waals surface area contributed by atoms with E-state index in [2.05, 4.69) is 119 Å². The molecule has 0 aliphatic heterocycles. The van der Waals surface area contributed by atoms with Crippen LogP contribution in [-0.4, -0.2) is 32.9 Å². The average molecular weight is 422 g/mol. The van der Waals surface area contributed by atoms with Gasteiger partial charge in [0.2, 0.25) is 0 Å². The van der Waals surface area contributed by atoms with Crippen LogP contribution in [0.5, 0.6) is 0 Å². The van der Waals surface area contributed by atoms with Gasteiger partial charge in [0.25, 0.3) is 0 Å². The molecule has 0 radical (unpaired) electrons. The summed E-state index contributed by atoms with van der Waals surface area (Å²) in [5, 5.41) is 8.17. The maximum Gasteiger partial charge on any atom is 0.0411 e. The minimum atomic E-state index is -0.918. The van der Waals surface area contributed by atoms with Crippen LogP contribution in [0.15, 0.2) is 72.8 Å². The van der Waals surface area contributed by atoms with Crippen molar-refractivity contribution >= 4 is 37.3 Å². The van der Waals surface area contributed by atoms with Crippen LogP contribution in [0.1, 0.15) is 16.7 Å². The first-order valence-corrected chi connectivity index (χ1v) is 13.1. The lowest BCUT2D eigenvalue weighted by molar-refractivity contribution is 1.13. The van der Waals surface area contributed by atoms with Crippen molar-refractivity contribution in [3.63, 3.8) is 0 Å². The van der Waals surface area contributed by atoms with E-state index in [1.54, 1.807) is 0 Å². The third-order valence-electron chi connectivity index (χ3n) is 5.13. The average Bonchev–Trinajstić information content (AvgIpc) is 2.75. The van der Waals surface area contributed by atoms with Gasteiger partial charge in [-0.2, -0.15) is 10.0 Å². The molecular weight excluding hydrogens is 394 g/mol. The van der Waals surface area contributed by atoms with Gasteiger partial charge in [-0.3, -0.25) is 0 Å². The van der Waals surface area contributed by atoms with Gasteiger partial charge in [0.15, 0.2) is 0 Å². The van der Waals surface area contributed by atoms with Gasteiger partial charge in [-0.15, -0.1) is 0 Å². The van der Waals surface area contributed by atoms with Crippen LogP contribution in [0, 0.1) is 23.0 Å². The molecule has 154 valence electrons. The first-order chi connectivity index (χ1) is 14.8. The van der Waals surface area contributed by atoms with E-state index in [1.807, 2.05) is 14.1 Å². The Balaban J connectivity index is 1.96. The number of fused-ring (bicyclic) bond motifs is 2. The van der Waals surface area contributed by atoms with E-state index in [0.717, 1.165) is 27.5 Å². The number of hydrogen-bond donors (Lipinski definition) is 0. The van der Waals surface area contributed by atoms with E-state index in [4.69, 9.17) is 0 Å². The van der Waals surface area contributed by atoms with Crippen LogP contribution in [0.3, 0.4) is 0 Å². The highest BCUT2D eigenvalue weighted by Crippen LogP contribution is 2.35. The Morgan fingerprint density at radius 1 is 0.581 bits per heavy atom. The number of anilines is 1. The highest BCUT2D eigenvalue weighted by Gasteiger charge is 2.11. The largest absolute Gasteiger partial charge is 0.378 e. The van der Waals surface area contributed by atoms with Crippen LogP contribution in [0.2, 0.25) is 0 Å². The molecule has 0 amide bonds. The van der Waals surface area contributed by atoms with Crippen molar-refractivity contribution in [1.29, 1.82) is 0 Å². The quantitative estimate of drug-likeness (QED) is 0.252. The maximum atomic E-state index is 3.52. The Kier molecular flexibility index (Phi) is 5.69. The fourth-order valence-corrected chi connectivity index (χ4v) is 3.99. The van der Waals surface area contributed by atoms with E-state index < -0.39 is 10.0 Å². The third kappa shape index (κ3) is 4.56. The van der Waals surface area contributed by atoms with E-state index in [-0.39, 0.29) is 0 Å². The molecule has 0 bridgehead atoms. The van der Waals surface area contributed by atoms with Crippen molar-refractivity contribution in [3.05, 3.63) is 89.5 Å². The summed E-state index contributed by atoms with van der Waals surface area (Å²) in [5.41, 5.74) is 4.36. The van der Waals surface area contributed by atoms with Crippen molar-refractivity contribution in [3.8, 4) is 23.0 Å².